The molecule has 0 radical (unpaired) electrons. The van der Waals surface area contributed by atoms with Crippen LogP contribution in [0.2, 0.25) is 0 Å². The maximum absolute atomic E-state index is 3.59. The van der Waals surface area contributed by atoms with Crippen LogP contribution >= 0.6 is 15.9 Å². The van der Waals surface area contributed by atoms with Gasteiger partial charge in [-0.15, -0.1) is 0 Å². The normalized spacial score (nSPS) is 12.7. The number of hydrogen-bond donors (Lipinski definition) is 1. The van der Waals surface area contributed by atoms with Crippen molar-refractivity contribution in [2.75, 3.05) is 0 Å². The second-order valence-corrected chi connectivity index (χ2v) is 6.03. The van der Waals surface area contributed by atoms with Gasteiger partial charge in [0.25, 0.3) is 0 Å². The van der Waals surface area contributed by atoms with Crippen molar-refractivity contribution in [3.8, 4) is 0 Å². The van der Waals surface area contributed by atoms with E-state index in [9.17, 15) is 0 Å². The van der Waals surface area contributed by atoms with Crippen LogP contribution in [0.5, 0.6) is 0 Å². The highest BCUT2D eigenvalue weighted by Gasteiger charge is 2.09. The average molecular weight is 321 g/mol. The van der Waals surface area contributed by atoms with Gasteiger partial charge in [0.2, 0.25) is 0 Å². The van der Waals surface area contributed by atoms with E-state index in [0.717, 1.165) is 11.0 Å². The van der Waals surface area contributed by atoms with Gasteiger partial charge in [0.15, 0.2) is 0 Å². The third-order valence-electron chi connectivity index (χ3n) is 3.83. The Morgan fingerprint density at radius 1 is 1.26 bits per heavy atom. The van der Waals surface area contributed by atoms with Gasteiger partial charge in [-0.1, -0.05) is 28.1 Å². The van der Waals surface area contributed by atoms with Crippen molar-refractivity contribution in [1.29, 1.82) is 0 Å². The summed E-state index contributed by atoms with van der Waals surface area (Å²) in [6.45, 7) is 7.43. The molecular formula is C16H21BrN2. The van der Waals surface area contributed by atoms with Crippen LogP contribution in [0.1, 0.15) is 35.5 Å². The number of benzene rings is 1. The van der Waals surface area contributed by atoms with Crippen molar-refractivity contribution in [3.05, 3.63) is 57.3 Å². The molecule has 0 aliphatic heterocycles. The minimum Gasteiger partial charge on any atom is -0.352 e. The molecule has 0 bridgehead atoms. The first-order chi connectivity index (χ1) is 8.99. The number of hydrogen-bond acceptors (Lipinski definition) is 1. The van der Waals surface area contributed by atoms with Crippen molar-refractivity contribution < 1.29 is 0 Å². The van der Waals surface area contributed by atoms with Crippen LogP contribution in [-0.4, -0.2) is 4.57 Å². The zero-order valence-corrected chi connectivity index (χ0v) is 13.6. The summed E-state index contributed by atoms with van der Waals surface area (Å²) in [5.74, 6) is 0. The summed E-state index contributed by atoms with van der Waals surface area (Å²) in [6.07, 6.45) is 0. The van der Waals surface area contributed by atoms with E-state index in [1.54, 1.807) is 0 Å². The first kappa shape index (κ1) is 14.4. The van der Waals surface area contributed by atoms with Crippen LogP contribution in [-0.2, 0) is 13.6 Å². The van der Waals surface area contributed by atoms with Gasteiger partial charge in [-0.25, -0.2) is 0 Å². The Kier molecular flexibility index (Phi) is 4.48. The molecule has 1 aromatic carbocycles. The molecular weight excluding hydrogens is 300 g/mol. The van der Waals surface area contributed by atoms with Crippen LogP contribution in [0.25, 0.3) is 0 Å². The molecule has 0 aliphatic rings. The van der Waals surface area contributed by atoms with E-state index in [2.05, 4.69) is 84.0 Å². The van der Waals surface area contributed by atoms with E-state index in [1.165, 1.54) is 22.5 Å². The van der Waals surface area contributed by atoms with Gasteiger partial charge in [0, 0.05) is 35.5 Å². The van der Waals surface area contributed by atoms with E-state index in [-0.39, 0.29) is 0 Å². The quantitative estimate of drug-likeness (QED) is 0.890. The maximum atomic E-state index is 3.59. The molecule has 0 spiro atoms. The van der Waals surface area contributed by atoms with E-state index in [4.69, 9.17) is 0 Å². The van der Waals surface area contributed by atoms with E-state index >= 15 is 0 Å². The molecule has 1 heterocycles. The van der Waals surface area contributed by atoms with Gasteiger partial charge in [0.05, 0.1) is 0 Å². The lowest BCUT2D eigenvalue weighted by molar-refractivity contribution is 0.572. The molecule has 1 N–H and O–H groups in total. The second-order valence-electron chi connectivity index (χ2n) is 5.11. The molecule has 0 saturated heterocycles. The molecule has 19 heavy (non-hydrogen) atoms. The molecule has 0 fully saturated rings. The van der Waals surface area contributed by atoms with Crippen LogP contribution in [0.3, 0.4) is 0 Å². The van der Waals surface area contributed by atoms with E-state index in [0.29, 0.717) is 6.04 Å². The number of aromatic nitrogens is 1. The molecule has 0 aliphatic carbocycles. The van der Waals surface area contributed by atoms with Crippen LogP contribution in [0, 0.1) is 13.8 Å². The van der Waals surface area contributed by atoms with Gasteiger partial charge in [-0.2, -0.15) is 0 Å². The number of nitrogens with zero attached hydrogens (tertiary/aromatic N) is 1. The number of nitrogens with one attached hydrogen (secondary N) is 1. The molecule has 1 aromatic heterocycles. The number of aryl methyl sites for hydroxylation is 1. The van der Waals surface area contributed by atoms with Crippen molar-refractivity contribution in [3.63, 3.8) is 0 Å². The van der Waals surface area contributed by atoms with Gasteiger partial charge < -0.3 is 9.88 Å². The van der Waals surface area contributed by atoms with E-state index < -0.39 is 0 Å². The number of rotatable bonds is 4. The Morgan fingerprint density at radius 3 is 2.58 bits per heavy atom. The second kappa shape index (κ2) is 5.93. The van der Waals surface area contributed by atoms with Crippen molar-refractivity contribution in [2.24, 2.45) is 7.05 Å². The highest BCUT2D eigenvalue weighted by atomic mass is 79.9. The molecule has 2 nitrogen and oxygen atoms in total. The summed E-state index contributed by atoms with van der Waals surface area (Å²) in [7, 11) is 2.12. The third kappa shape index (κ3) is 3.28. The zero-order chi connectivity index (χ0) is 14.0. The van der Waals surface area contributed by atoms with Crippen LogP contribution in [0.15, 0.2) is 34.8 Å². The fourth-order valence-electron chi connectivity index (χ4n) is 2.27. The molecule has 0 saturated carbocycles. The third-order valence-corrected chi connectivity index (χ3v) is 4.32. The Bertz CT molecular complexity index is 572. The molecule has 2 rings (SSSR count). The van der Waals surface area contributed by atoms with Gasteiger partial charge in [-0.3, -0.25) is 0 Å². The monoisotopic (exact) mass is 320 g/mol. The lowest BCUT2D eigenvalue weighted by atomic mass is 10.1. The molecule has 3 heteroatoms. The molecule has 102 valence electrons. The summed E-state index contributed by atoms with van der Waals surface area (Å²) < 4.78 is 3.37. The standard InChI is InChI=1S/C16H21BrN2/c1-11-8-15(13(3)19(11)4)10-18-12(2)14-6-5-7-16(17)9-14/h5-9,12,18H,10H2,1-4H3. The first-order valence-corrected chi connectivity index (χ1v) is 7.39. The molecule has 0 amide bonds. The predicted octanol–water partition coefficient (Wildman–Crippen LogP) is 4.26. The lowest BCUT2D eigenvalue weighted by Crippen LogP contribution is -2.18. The van der Waals surface area contributed by atoms with Crippen LogP contribution in [0.4, 0.5) is 0 Å². The van der Waals surface area contributed by atoms with Crippen LogP contribution < -0.4 is 5.32 Å². The summed E-state index contributed by atoms with van der Waals surface area (Å²) in [6, 6.07) is 11.1. The minimum absolute atomic E-state index is 0.345. The Balaban J connectivity index is 2.04. The average Bonchev–Trinajstić information content (AvgIpc) is 2.63. The highest BCUT2D eigenvalue weighted by Crippen LogP contribution is 2.19. The Labute approximate surface area is 124 Å². The topological polar surface area (TPSA) is 17.0 Å². The smallest absolute Gasteiger partial charge is 0.0295 e. The summed E-state index contributed by atoms with van der Waals surface area (Å²) in [5.41, 5.74) is 5.33. The van der Waals surface area contributed by atoms with Crippen molar-refractivity contribution >= 4 is 15.9 Å². The highest BCUT2D eigenvalue weighted by molar-refractivity contribution is 9.10. The summed E-state index contributed by atoms with van der Waals surface area (Å²) in [4.78, 5) is 0. The first-order valence-electron chi connectivity index (χ1n) is 6.59. The predicted molar refractivity (Wildman–Crippen MR) is 84.3 cm³/mol. The van der Waals surface area contributed by atoms with Crippen molar-refractivity contribution in [1.82, 2.24) is 9.88 Å². The summed E-state index contributed by atoms with van der Waals surface area (Å²) >= 11 is 3.52. The zero-order valence-electron chi connectivity index (χ0n) is 12.0. The molecule has 2 aromatic rings. The SMILES string of the molecule is Cc1cc(CNC(C)c2cccc(Br)c2)c(C)n1C. The van der Waals surface area contributed by atoms with Gasteiger partial charge >= 0.3 is 0 Å². The lowest BCUT2D eigenvalue weighted by Gasteiger charge is -2.14. The fraction of sp³-hybridized carbons (Fsp3) is 0.375. The number of halogens is 1. The van der Waals surface area contributed by atoms with E-state index in [1.807, 2.05) is 0 Å². The Morgan fingerprint density at radius 2 is 2.00 bits per heavy atom. The molecule has 1 atom stereocenters. The minimum atomic E-state index is 0.345. The largest absolute Gasteiger partial charge is 0.352 e. The van der Waals surface area contributed by atoms with Gasteiger partial charge in [0.1, 0.15) is 0 Å². The maximum Gasteiger partial charge on any atom is 0.0295 e. The summed E-state index contributed by atoms with van der Waals surface area (Å²) in [5, 5.41) is 3.59. The fourth-order valence-corrected chi connectivity index (χ4v) is 2.69. The Hall–Kier alpha value is -1.06. The molecule has 1 unspecified atom stereocenters. The van der Waals surface area contributed by atoms with Crippen molar-refractivity contribution in [2.45, 2.75) is 33.4 Å². The van der Waals surface area contributed by atoms with Gasteiger partial charge in [-0.05, 0) is 50.1 Å².